The fraction of sp³-hybridized carbons (Fsp3) is 0.389. The lowest BCUT2D eigenvalue weighted by Crippen LogP contribution is -2.56. The molecule has 2 N–H and O–H groups in total. The van der Waals surface area contributed by atoms with Crippen molar-refractivity contribution < 1.29 is 9.84 Å². The Balaban J connectivity index is 1.09. The first-order valence-corrected chi connectivity index (χ1v) is 16.7. The maximum atomic E-state index is 13.9. The van der Waals surface area contributed by atoms with Crippen LogP contribution in [0.1, 0.15) is 35.4 Å². The van der Waals surface area contributed by atoms with E-state index in [-0.39, 0.29) is 17.7 Å². The molecule has 5 aromatic rings. The van der Waals surface area contributed by atoms with Gasteiger partial charge in [-0.05, 0) is 74.1 Å². The van der Waals surface area contributed by atoms with Gasteiger partial charge in [0, 0.05) is 74.3 Å². The lowest BCUT2D eigenvalue weighted by Gasteiger charge is -2.43. The van der Waals surface area contributed by atoms with Crippen LogP contribution in [0.25, 0.3) is 22.5 Å². The smallest absolute Gasteiger partial charge is 0.280 e. The molecule has 12 nitrogen and oxygen atoms in total. The molecule has 8 rings (SSSR count). The summed E-state index contributed by atoms with van der Waals surface area (Å²) >= 11 is 0. The molecule has 2 fully saturated rings. The molecule has 248 valence electrons. The number of nitrogens with zero attached hydrogens (tertiary/aromatic N) is 7. The number of aromatic nitrogens is 5. The first-order valence-electron chi connectivity index (χ1n) is 16.7. The van der Waals surface area contributed by atoms with Gasteiger partial charge in [0.15, 0.2) is 0 Å². The molecule has 0 bridgehead atoms. The second-order valence-electron chi connectivity index (χ2n) is 13.1. The number of anilines is 3. The molecule has 0 unspecified atom stereocenters. The monoisotopic (exact) mass is 648 g/mol. The van der Waals surface area contributed by atoms with Crippen LogP contribution in [0.4, 0.5) is 17.2 Å². The van der Waals surface area contributed by atoms with E-state index in [1.54, 1.807) is 36.1 Å². The lowest BCUT2D eigenvalue weighted by molar-refractivity contribution is -0.0660. The average Bonchev–Trinajstić information content (AvgIpc) is 3.49. The molecule has 0 saturated carbocycles. The third-order valence-corrected chi connectivity index (χ3v) is 10.1. The summed E-state index contributed by atoms with van der Waals surface area (Å²) in [5.74, 6) is 0.925. The standard InChI is InChI=1S/C36H40N8O4/c1-23-18-43(36(47)32-16-24-5-3-4-6-31(24)44(23)32)34-29(20-45)28(9-10-37-34)25-15-30(35(46)40(2)19-25)39-33-8-7-26(17-38-33)41-11-13-42(14-12-41)27-21-48-22-27/h7-10,15-19,27,45H,3-6,11-14,20-22H2,1-2H3,(H,38,39). The number of aliphatic hydroxyl groups is 1. The molecule has 0 atom stereocenters. The topological polar surface area (TPSA) is 122 Å². The fourth-order valence-electron chi connectivity index (χ4n) is 7.47. The van der Waals surface area contributed by atoms with Crippen molar-refractivity contribution >= 4 is 22.7 Å². The predicted molar refractivity (Wildman–Crippen MR) is 185 cm³/mol. The molecule has 0 spiro atoms. The van der Waals surface area contributed by atoms with Gasteiger partial charge in [-0.1, -0.05) is 0 Å². The van der Waals surface area contributed by atoms with E-state index in [1.165, 1.54) is 15.8 Å². The molecule has 0 radical (unpaired) electrons. The van der Waals surface area contributed by atoms with E-state index in [0.29, 0.717) is 45.6 Å². The van der Waals surface area contributed by atoms with Gasteiger partial charge in [-0.3, -0.25) is 19.1 Å². The molecule has 48 heavy (non-hydrogen) atoms. The molecular weight excluding hydrogens is 608 g/mol. The highest BCUT2D eigenvalue weighted by Gasteiger charge is 2.29. The number of fused-ring (bicyclic) bond motifs is 3. The quantitative estimate of drug-likeness (QED) is 0.274. The fourth-order valence-corrected chi connectivity index (χ4v) is 7.47. The van der Waals surface area contributed by atoms with E-state index < -0.39 is 0 Å². The highest BCUT2D eigenvalue weighted by Crippen LogP contribution is 2.30. The number of hydrogen-bond acceptors (Lipinski definition) is 9. The van der Waals surface area contributed by atoms with E-state index in [1.807, 2.05) is 37.5 Å². The van der Waals surface area contributed by atoms with Gasteiger partial charge < -0.3 is 29.0 Å². The van der Waals surface area contributed by atoms with Crippen LogP contribution in [0.2, 0.25) is 0 Å². The van der Waals surface area contributed by atoms with E-state index in [4.69, 9.17) is 4.74 Å². The minimum Gasteiger partial charge on any atom is -0.392 e. The largest absolute Gasteiger partial charge is 0.392 e. The van der Waals surface area contributed by atoms with Crippen LogP contribution < -0.4 is 21.3 Å². The number of aryl methyl sites for hydroxylation is 4. The molecule has 0 aromatic carbocycles. The highest BCUT2D eigenvalue weighted by molar-refractivity contribution is 5.73. The first-order chi connectivity index (χ1) is 23.4. The van der Waals surface area contributed by atoms with Crippen LogP contribution >= 0.6 is 0 Å². The van der Waals surface area contributed by atoms with Gasteiger partial charge in [0.25, 0.3) is 11.1 Å². The lowest BCUT2D eigenvalue weighted by atomic mass is 9.98. The first kappa shape index (κ1) is 30.5. The third kappa shape index (κ3) is 5.29. The summed E-state index contributed by atoms with van der Waals surface area (Å²) in [5, 5.41) is 13.9. The van der Waals surface area contributed by atoms with Crippen molar-refractivity contribution in [2.75, 3.05) is 49.6 Å². The van der Waals surface area contributed by atoms with Crippen molar-refractivity contribution in [2.45, 2.75) is 45.3 Å². The van der Waals surface area contributed by atoms with E-state index in [0.717, 1.165) is 76.5 Å². The van der Waals surface area contributed by atoms with Crippen LogP contribution in [0.5, 0.6) is 0 Å². The molecule has 2 saturated heterocycles. The zero-order valence-corrected chi connectivity index (χ0v) is 27.4. The minimum absolute atomic E-state index is 0.179. The summed E-state index contributed by atoms with van der Waals surface area (Å²) in [6.07, 6.45) is 11.2. The van der Waals surface area contributed by atoms with Crippen LogP contribution in [0, 0.1) is 6.92 Å². The Hall–Kier alpha value is -4.78. The average molecular weight is 649 g/mol. The Morgan fingerprint density at radius 3 is 2.52 bits per heavy atom. The van der Waals surface area contributed by atoms with Gasteiger partial charge in [-0.2, -0.15) is 0 Å². The van der Waals surface area contributed by atoms with Crippen LogP contribution in [0.3, 0.4) is 0 Å². The van der Waals surface area contributed by atoms with Gasteiger partial charge in [0.1, 0.15) is 22.8 Å². The maximum Gasteiger partial charge on any atom is 0.280 e. The van der Waals surface area contributed by atoms with Crippen molar-refractivity contribution in [1.29, 1.82) is 0 Å². The number of ether oxygens (including phenoxy) is 1. The zero-order valence-electron chi connectivity index (χ0n) is 27.4. The van der Waals surface area contributed by atoms with Gasteiger partial charge in [0.05, 0.1) is 37.7 Å². The summed E-state index contributed by atoms with van der Waals surface area (Å²) in [6, 6.07) is 10.0. The molecule has 7 heterocycles. The summed E-state index contributed by atoms with van der Waals surface area (Å²) in [6.45, 7) is 7.18. The molecule has 1 aliphatic carbocycles. The van der Waals surface area contributed by atoms with Crippen molar-refractivity contribution in [3.63, 3.8) is 0 Å². The van der Waals surface area contributed by atoms with Gasteiger partial charge in [-0.25, -0.2) is 9.97 Å². The zero-order chi connectivity index (χ0) is 32.9. The van der Waals surface area contributed by atoms with Gasteiger partial charge in [-0.15, -0.1) is 0 Å². The highest BCUT2D eigenvalue weighted by atomic mass is 16.5. The summed E-state index contributed by atoms with van der Waals surface area (Å²) < 4.78 is 10.5. The second-order valence-corrected chi connectivity index (χ2v) is 13.1. The van der Waals surface area contributed by atoms with Gasteiger partial charge >= 0.3 is 0 Å². The SMILES string of the molecule is Cc1cn(-c2nccc(-c3cc(Nc4ccc(N5CCN(C6COC6)CC5)cn4)c(=O)n(C)c3)c2CO)c(=O)c2cc3c(n12)CCCC3. The predicted octanol–water partition coefficient (Wildman–Crippen LogP) is 3.19. The second kappa shape index (κ2) is 12.3. The summed E-state index contributed by atoms with van der Waals surface area (Å²) in [5.41, 5.74) is 6.88. The van der Waals surface area contributed by atoms with Gasteiger partial charge in [0.2, 0.25) is 0 Å². The normalized spacial score (nSPS) is 17.0. The van der Waals surface area contributed by atoms with Crippen molar-refractivity contribution in [2.24, 2.45) is 7.05 Å². The van der Waals surface area contributed by atoms with Crippen LogP contribution in [0.15, 0.2) is 64.7 Å². The maximum absolute atomic E-state index is 13.9. The number of pyridine rings is 3. The Bertz CT molecular complexity index is 2120. The van der Waals surface area contributed by atoms with Crippen molar-refractivity contribution in [3.05, 3.63) is 98.3 Å². The summed E-state index contributed by atoms with van der Waals surface area (Å²) in [4.78, 5) is 41.2. The molecule has 3 aliphatic rings. The third-order valence-electron chi connectivity index (χ3n) is 10.1. The molecular formula is C36H40N8O4. The van der Waals surface area contributed by atoms with E-state index >= 15 is 0 Å². The Morgan fingerprint density at radius 2 is 1.79 bits per heavy atom. The molecule has 5 aromatic heterocycles. The number of rotatable bonds is 7. The number of nitrogens with one attached hydrogen (secondary N) is 1. The summed E-state index contributed by atoms with van der Waals surface area (Å²) in [7, 11) is 1.69. The Kier molecular flexibility index (Phi) is 7.86. The minimum atomic E-state index is -0.343. The number of aliphatic hydroxyl groups excluding tert-OH is 1. The number of hydrogen-bond donors (Lipinski definition) is 2. The van der Waals surface area contributed by atoms with Crippen LogP contribution in [-0.2, 0) is 31.2 Å². The number of piperazine rings is 1. The van der Waals surface area contributed by atoms with E-state index in [2.05, 4.69) is 29.5 Å². The van der Waals surface area contributed by atoms with E-state index in [9.17, 15) is 14.7 Å². The Morgan fingerprint density at radius 1 is 0.979 bits per heavy atom. The van der Waals surface area contributed by atoms with Crippen LogP contribution in [-0.4, -0.2) is 78.9 Å². The molecule has 2 aliphatic heterocycles. The Labute approximate surface area is 277 Å². The van der Waals surface area contributed by atoms with Crippen molar-refractivity contribution in [3.8, 4) is 16.9 Å². The molecule has 0 amide bonds. The molecule has 12 heteroatoms. The van der Waals surface area contributed by atoms with Crippen molar-refractivity contribution in [1.82, 2.24) is 28.4 Å².